The van der Waals surface area contributed by atoms with Gasteiger partial charge in [-0.05, 0) is 438 Å². The summed E-state index contributed by atoms with van der Waals surface area (Å²) < 4.78 is 46.4. The molecule has 18 nitrogen and oxygen atoms in total. The summed E-state index contributed by atoms with van der Waals surface area (Å²) in [5.74, 6) is 0.934. The van der Waals surface area contributed by atoms with Crippen LogP contribution in [-0.2, 0) is 9.47 Å². The standard InChI is InChI=1S/C9H19N.C8H16FN.C8H17NO.3C8H17N.C7H15F2N.C7H13NO2.C7H15N.2C7H17N.C6H15NO.C6H15N.C5H13N/c1-9(2,3)10-7-5-4-6-8-10;1-7(2,3)10-5-8(4,9)6-10;1-8(2,3)9-5-7(6-9)10-4;1-7-5-9(6-7)8(2,3)4;1-8(2,3)9(4)7-5-6-7;1-7-5-6-9(7)8(2,3)4;1-7(2,3)10(4)5-6(8)9;1-7(2,3)8-4-5-10-6(8)9;1-7(2,3)8-5-4-6-8;2*1-6-8(5)7(2,3)4;1-6(2,3)7-4-5-8;1-6(2,3)7(4)5;1-5(2,3)6-4/h4-8H2,1-3H3;5-6H2,1-4H3;7H,5-6H2,1-4H3;3*7H,5-6H2,1-4H3;6H,5H2,1-4H3;4-5H2,1-3H3;4-6H2,1-3H3;2*6H2,1-5H3;7-8H,4-5H2,1-3H3;1-5H3;6H,1-4H3. The van der Waals surface area contributed by atoms with E-state index >= 15 is 0 Å². The number of amides is 1. The largest absolute Gasteiger partial charge is 0.448 e. The fraction of sp³-hybridized carbons (Fsp3) is 0.990. The van der Waals surface area contributed by atoms with Gasteiger partial charge in [0.1, 0.15) is 12.3 Å². The number of nitrogens with zero attached hydrogens (tertiary/aromatic N) is 12. The number of carbonyl (C=O) groups excluding carboxylic acids is 1. The monoisotopic (exact) mass is 1750 g/mol. The third-order valence-corrected chi connectivity index (χ3v) is 23.8. The van der Waals surface area contributed by atoms with Crippen molar-refractivity contribution in [3.8, 4) is 0 Å². The first-order valence-corrected chi connectivity index (χ1v) is 47.5. The van der Waals surface area contributed by atoms with Crippen molar-refractivity contribution < 1.29 is 32.5 Å². The van der Waals surface area contributed by atoms with Gasteiger partial charge >= 0.3 is 6.09 Å². The Morgan fingerprint density at radius 1 is 0.467 bits per heavy atom. The van der Waals surface area contributed by atoms with Gasteiger partial charge in [0, 0.05) is 149 Å². The summed E-state index contributed by atoms with van der Waals surface area (Å²) in [4.78, 5) is 38.3. The zero-order chi connectivity index (χ0) is 98.4. The van der Waals surface area contributed by atoms with Crippen molar-refractivity contribution in [1.82, 2.24) is 69.4 Å². The number of aliphatic hydroxyl groups excluding tert-OH is 1. The van der Waals surface area contributed by atoms with Gasteiger partial charge in [0.15, 0.2) is 0 Å². The highest BCUT2D eigenvalue weighted by atomic mass is 19.3. The lowest BCUT2D eigenvalue weighted by molar-refractivity contribution is -0.0702. The fourth-order valence-corrected chi connectivity index (χ4v) is 11.5. The fourth-order valence-electron chi connectivity index (χ4n) is 11.5. The molecule has 3 N–H and O–H groups in total. The molecule has 1 atom stereocenters. The third-order valence-electron chi connectivity index (χ3n) is 23.8. The van der Waals surface area contributed by atoms with Crippen LogP contribution >= 0.6 is 0 Å². The number of likely N-dealkylation sites (tertiary alicyclic amines) is 6. The number of cyclic esters (lactones) is 1. The Labute approximate surface area is 762 Å². The number of piperidine rings is 1. The molecule has 0 spiro atoms. The Hall–Kier alpha value is -1.54. The molecule has 0 aromatic carbocycles. The number of rotatable bonds is 8. The van der Waals surface area contributed by atoms with Crippen LogP contribution in [-0.4, -0.2) is 352 Å². The van der Waals surface area contributed by atoms with E-state index in [0.29, 0.717) is 87.7 Å². The maximum absolute atomic E-state index is 12.9. The van der Waals surface area contributed by atoms with E-state index in [1.807, 2.05) is 48.6 Å². The molecule has 1 amide bonds. The molecule has 0 aromatic rings. The van der Waals surface area contributed by atoms with Gasteiger partial charge in [0.25, 0.3) is 6.43 Å². The number of carbonyl (C=O) groups is 1. The van der Waals surface area contributed by atoms with Crippen LogP contribution in [0, 0.1) is 5.92 Å². The number of nitrogens with one attached hydrogen (secondary N) is 2. The lowest BCUT2D eigenvalue weighted by Crippen LogP contribution is -2.63. The molecular weight excluding hydrogens is 1530 g/mol. The summed E-state index contributed by atoms with van der Waals surface area (Å²) in [6.45, 7) is 119. The smallest absolute Gasteiger partial charge is 0.410 e. The SMILES string of the molecule is CC(C)(C)N1CCC1.CC(C)(C)N1CCCCC1.CC(C)(C)N1CCOC1=O.CC(C)(C)NCCO.CC1(F)CN(C(C)(C)C)C1.CC1CCN1C(C)(C)C.CC1CN(C(C)(C)C)C1.CCN(C)C(C)(C)C.CCN(C)C(C)(C)C.CN(C)C(C)(C)C.CN(C1CC1)C(C)(C)C.CN(CC(F)F)C(C)(C)C.CNC(C)(C)C.COC1CN(C(C)(C)C)C1. The van der Waals surface area contributed by atoms with Gasteiger partial charge in [0.2, 0.25) is 0 Å². The molecule has 742 valence electrons. The van der Waals surface area contributed by atoms with Crippen LogP contribution in [0.5, 0.6) is 0 Å². The molecule has 7 aliphatic heterocycles. The van der Waals surface area contributed by atoms with Gasteiger partial charge in [-0.1, -0.05) is 27.2 Å². The van der Waals surface area contributed by atoms with E-state index < -0.39 is 12.1 Å². The second-order valence-corrected chi connectivity index (χ2v) is 50.0. The number of alkyl halides is 3. The van der Waals surface area contributed by atoms with Crippen LogP contribution in [0.4, 0.5) is 18.0 Å². The van der Waals surface area contributed by atoms with Gasteiger partial charge in [-0.3, -0.25) is 44.1 Å². The average Bonchev–Trinajstić information content (AvgIpc) is 1.24. The van der Waals surface area contributed by atoms with E-state index in [1.165, 1.54) is 90.8 Å². The second-order valence-electron chi connectivity index (χ2n) is 50.0. The first-order valence-electron chi connectivity index (χ1n) is 47.5. The molecule has 0 bridgehead atoms. The van der Waals surface area contributed by atoms with Crippen LogP contribution in [0.3, 0.4) is 0 Å². The maximum atomic E-state index is 12.9. The van der Waals surface area contributed by atoms with E-state index in [1.54, 1.807) is 30.9 Å². The lowest BCUT2D eigenvalue weighted by Gasteiger charge is -2.49. The molecule has 8 rings (SSSR count). The average molecular weight is 1750 g/mol. The number of methoxy groups -OCH3 is 1. The van der Waals surface area contributed by atoms with Gasteiger partial charge in [-0.15, -0.1) is 0 Å². The van der Waals surface area contributed by atoms with Crippen LogP contribution in [0.2, 0.25) is 0 Å². The zero-order valence-corrected chi connectivity index (χ0v) is 92.7. The quantitative estimate of drug-likeness (QED) is 0.214. The van der Waals surface area contributed by atoms with Crippen LogP contribution in [0.1, 0.15) is 370 Å². The van der Waals surface area contributed by atoms with E-state index in [2.05, 4.69) is 372 Å². The van der Waals surface area contributed by atoms with E-state index in [4.69, 9.17) is 14.6 Å². The highest BCUT2D eigenvalue weighted by Gasteiger charge is 2.44. The second kappa shape index (κ2) is 57.0. The number of hydrogen-bond donors (Lipinski definition) is 3. The molecule has 8 fully saturated rings. The van der Waals surface area contributed by atoms with Crippen molar-refractivity contribution in [2.45, 2.75) is 478 Å². The Morgan fingerprint density at radius 3 is 0.918 bits per heavy atom. The molecule has 21 heteroatoms. The van der Waals surface area contributed by atoms with Crippen molar-refractivity contribution in [2.75, 3.05) is 174 Å². The molecule has 122 heavy (non-hydrogen) atoms. The molecular formula is C101H223F3N14O4. The first kappa shape index (κ1) is 131. The molecule has 0 aromatic heterocycles. The van der Waals surface area contributed by atoms with Crippen molar-refractivity contribution in [3.05, 3.63) is 0 Å². The Bertz CT molecular complexity index is 2480. The number of ether oxygens (including phenoxy) is 2. The summed E-state index contributed by atoms with van der Waals surface area (Å²) in [6, 6.07) is 1.72. The minimum atomic E-state index is -2.23. The van der Waals surface area contributed by atoms with Crippen LogP contribution in [0.25, 0.3) is 0 Å². The Kier molecular flexibility index (Phi) is 61.3. The summed E-state index contributed by atoms with van der Waals surface area (Å²) in [6.07, 6.45) is 7.91. The highest BCUT2D eigenvalue weighted by molar-refractivity contribution is 5.70. The van der Waals surface area contributed by atoms with Crippen molar-refractivity contribution in [1.29, 1.82) is 0 Å². The molecule has 1 saturated carbocycles. The van der Waals surface area contributed by atoms with Crippen LogP contribution < -0.4 is 10.6 Å². The minimum absolute atomic E-state index is 0.0897. The van der Waals surface area contributed by atoms with Crippen molar-refractivity contribution in [3.63, 3.8) is 0 Å². The van der Waals surface area contributed by atoms with Gasteiger partial charge in [-0.25, -0.2) is 18.0 Å². The van der Waals surface area contributed by atoms with Gasteiger partial charge in [-0.2, -0.15) is 0 Å². The maximum Gasteiger partial charge on any atom is 0.410 e. The minimum Gasteiger partial charge on any atom is -0.448 e. The summed E-state index contributed by atoms with van der Waals surface area (Å²) in [5.41, 5.74) is 2.77. The number of hydrogen-bond acceptors (Lipinski definition) is 17. The topological polar surface area (TPSA) is 119 Å². The summed E-state index contributed by atoms with van der Waals surface area (Å²) in [7, 11) is 16.1. The summed E-state index contributed by atoms with van der Waals surface area (Å²) >= 11 is 0. The van der Waals surface area contributed by atoms with E-state index in [0.717, 1.165) is 50.7 Å². The van der Waals surface area contributed by atoms with Crippen molar-refractivity contribution in [2.24, 2.45) is 5.92 Å². The van der Waals surface area contributed by atoms with Gasteiger partial charge < -0.3 is 39.9 Å². The van der Waals surface area contributed by atoms with E-state index in [-0.39, 0.29) is 41.4 Å². The number of β-amino-alcohol motifs (C(OH)–C–C–N with tert-alkyl or cyclic N) is 1. The molecule has 7 heterocycles. The molecule has 1 unspecified atom stereocenters. The Balaban J connectivity index is -0.000000298. The molecule has 0 radical (unpaired) electrons. The molecule has 8 aliphatic rings. The first-order chi connectivity index (χ1) is 54.0. The predicted octanol–water partition coefficient (Wildman–Crippen LogP) is 21.6. The van der Waals surface area contributed by atoms with Crippen molar-refractivity contribution >= 4 is 6.09 Å². The molecule has 1 aliphatic carbocycles. The number of halogens is 3. The normalized spacial score (nSPS) is 19.4. The lowest BCUT2D eigenvalue weighted by atomic mass is 9.92. The van der Waals surface area contributed by atoms with Gasteiger partial charge in [0.05, 0.1) is 25.8 Å². The predicted molar refractivity (Wildman–Crippen MR) is 535 cm³/mol. The summed E-state index contributed by atoms with van der Waals surface area (Å²) in [5, 5.41) is 14.6. The van der Waals surface area contributed by atoms with E-state index in [9.17, 15) is 18.0 Å². The zero-order valence-electron chi connectivity index (χ0n) is 92.7. The Morgan fingerprint density at radius 2 is 0.811 bits per heavy atom. The molecule has 7 saturated heterocycles. The number of aliphatic hydroxyl groups is 1. The van der Waals surface area contributed by atoms with Crippen LogP contribution in [0.15, 0.2) is 0 Å². The highest BCUT2D eigenvalue weighted by Crippen LogP contribution is 2.33. The third kappa shape index (κ3) is 68.5.